The van der Waals surface area contributed by atoms with Gasteiger partial charge < -0.3 is 15.0 Å². The van der Waals surface area contributed by atoms with E-state index >= 15 is 0 Å². The molecule has 1 aliphatic carbocycles. The van der Waals surface area contributed by atoms with Gasteiger partial charge in [0.2, 0.25) is 0 Å². The van der Waals surface area contributed by atoms with E-state index in [-0.39, 0.29) is 0 Å². The maximum Gasteiger partial charge on any atom is 0.0587 e. The van der Waals surface area contributed by atoms with Gasteiger partial charge in [-0.3, -0.25) is 4.21 Å². The Morgan fingerprint density at radius 2 is 1.81 bits per heavy atom. The van der Waals surface area contributed by atoms with Gasteiger partial charge in [0.05, 0.1) is 6.61 Å². The summed E-state index contributed by atoms with van der Waals surface area (Å²) in [6.45, 7) is 6.07. The Morgan fingerprint density at radius 3 is 2.43 bits per heavy atom. The normalized spacial score (nSPS) is 24.8. The van der Waals surface area contributed by atoms with Crippen molar-refractivity contribution in [3.63, 3.8) is 0 Å². The Labute approximate surface area is 132 Å². The average Bonchev–Trinajstić information content (AvgIpc) is 2.72. The second-order valence-corrected chi connectivity index (χ2v) is 8.40. The van der Waals surface area contributed by atoms with Gasteiger partial charge in [-0.2, -0.15) is 0 Å². The van der Waals surface area contributed by atoms with Gasteiger partial charge in [-0.05, 0) is 18.3 Å². The highest BCUT2D eigenvalue weighted by molar-refractivity contribution is 7.85. The van der Waals surface area contributed by atoms with Crippen LogP contribution in [0.25, 0.3) is 0 Å². The van der Waals surface area contributed by atoms with E-state index in [4.69, 9.17) is 4.74 Å². The van der Waals surface area contributed by atoms with Gasteiger partial charge in [0.1, 0.15) is 0 Å². The Morgan fingerprint density at radius 1 is 1.14 bits per heavy atom. The Bertz CT molecular complexity index is 307. The second-order valence-electron chi connectivity index (χ2n) is 6.71. The smallest absolute Gasteiger partial charge is 0.0587 e. The van der Waals surface area contributed by atoms with Crippen LogP contribution < -0.4 is 5.32 Å². The maximum absolute atomic E-state index is 11.5. The third-order valence-electron chi connectivity index (χ3n) is 4.98. The Kier molecular flexibility index (Phi) is 7.64. The van der Waals surface area contributed by atoms with E-state index in [0.29, 0.717) is 5.41 Å². The highest BCUT2D eigenvalue weighted by Crippen LogP contribution is 2.35. The van der Waals surface area contributed by atoms with Gasteiger partial charge in [0.15, 0.2) is 0 Å². The zero-order chi connectivity index (χ0) is 15.0. The molecule has 2 rings (SSSR count). The van der Waals surface area contributed by atoms with Crippen LogP contribution in [0.15, 0.2) is 0 Å². The summed E-state index contributed by atoms with van der Waals surface area (Å²) in [5.74, 6) is 1.74. The fourth-order valence-corrected chi connectivity index (χ4v) is 4.83. The summed E-state index contributed by atoms with van der Waals surface area (Å²) in [7, 11) is 1.19. The number of ether oxygens (including phenoxy) is 1. The minimum atomic E-state index is -0.566. The van der Waals surface area contributed by atoms with Crippen molar-refractivity contribution in [2.75, 3.05) is 57.9 Å². The summed E-state index contributed by atoms with van der Waals surface area (Å²) in [5.41, 5.74) is 0.420. The second kappa shape index (κ2) is 9.23. The summed E-state index contributed by atoms with van der Waals surface area (Å²) < 4.78 is 16.7. The van der Waals surface area contributed by atoms with E-state index in [2.05, 4.69) is 10.2 Å². The monoisotopic (exact) mass is 316 g/mol. The summed E-state index contributed by atoms with van der Waals surface area (Å²) in [6.07, 6.45) is 8.20. The van der Waals surface area contributed by atoms with Gasteiger partial charge in [-0.15, -0.1) is 0 Å². The third-order valence-corrected chi connectivity index (χ3v) is 6.25. The molecule has 1 heterocycles. The van der Waals surface area contributed by atoms with Gasteiger partial charge in [0.25, 0.3) is 0 Å². The fourth-order valence-electron chi connectivity index (χ4n) is 3.71. The summed E-state index contributed by atoms with van der Waals surface area (Å²) >= 11 is 0. The standard InChI is InChI=1S/C16H32N2O2S/c1-20-11-8-17-14-16(6-4-2-3-5-7-16)15-18-9-12-21(19)13-10-18/h17H,2-15H2,1H3. The molecular weight excluding hydrogens is 284 g/mol. The van der Waals surface area contributed by atoms with E-state index in [9.17, 15) is 4.21 Å². The molecule has 0 spiro atoms. The van der Waals surface area contributed by atoms with Crippen LogP contribution in [-0.4, -0.2) is 67.1 Å². The molecule has 124 valence electrons. The molecule has 1 N–H and O–H groups in total. The maximum atomic E-state index is 11.5. The highest BCUT2D eigenvalue weighted by atomic mass is 32.2. The SMILES string of the molecule is COCCNCC1(CN2CCS(=O)CC2)CCCCCC1. The van der Waals surface area contributed by atoms with Crippen LogP contribution in [-0.2, 0) is 15.5 Å². The molecule has 4 nitrogen and oxygen atoms in total. The molecule has 0 amide bonds. The number of hydrogen-bond acceptors (Lipinski definition) is 4. The molecule has 1 aliphatic heterocycles. The quantitative estimate of drug-likeness (QED) is 0.572. The van der Waals surface area contributed by atoms with E-state index in [0.717, 1.165) is 44.3 Å². The molecule has 0 aromatic carbocycles. The zero-order valence-corrected chi connectivity index (χ0v) is 14.4. The van der Waals surface area contributed by atoms with Gasteiger partial charge in [-0.1, -0.05) is 25.7 Å². The van der Waals surface area contributed by atoms with E-state index in [1.165, 1.54) is 45.1 Å². The molecule has 5 heteroatoms. The predicted molar refractivity (Wildman–Crippen MR) is 89.2 cm³/mol. The van der Waals surface area contributed by atoms with Crippen LogP contribution in [0, 0.1) is 5.41 Å². The minimum Gasteiger partial charge on any atom is -0.383 e. The van der Waals surface area contributed by atoms with Gasteiger partial charge in [0, 0.05) is 62.1 Å². The summed E-state index contributed by atoms with van der Waals surface area (Å²) in [4.78, 5) is 2.56. The van der Waals surface area contributed by atoms with Crippen LogP contribution in [0.3, 0.4) is 0 Å². The van der Waals surface area contributed by atoms with Crippen molar-refractivity contribution in [1.29, 1.82) is 0 Å². The molecule has 0 atom stereocenters. The Hall–Kier alpha value is 0.0300. The van der Waals surface area contributed by atoms with Crippen molar-refractivity contribution in [2.24, 2.45) is 5.41 Å². The van der Waals surface area contributed by atoms with Crippen molar-refractivity contribution >= 4 is 10.8 Å². The summed E-state index contributed by atoms with van der Waals surface area (Å²) in [6, 6.07) is 0. The first kappa shape index (κ1) is 17.4. The molecule has 2 fully saturated rings. The van der Waals surface area contributed by atoms with Gasteiger partial charge in [-0.25, -0.2) is 0 Å². The first-order valence-corrected chi connectivity index (χ1v) is 10.00. The lowest BCUT2D eigenvalue weighted by atomic mass is 9.79. The zero-order valence-electron chi connectivity index (χ0n) is 13.6. The number of nitrogens with one attached hydrogen (secondary N) is 1. The number of hydrogen-bond donors (Lipinski definition) is 1. The van der Waals surface area contributed by atoms with E-state index < -0.39 is 10.8 Å². The van der Waals surface area contributed by atoms with Crippen LogP contribution in [0.4, 0.5) is 0 Å². The highest BCUT2D eigenvalue weighted by Gasteiger charge is 2.33. The van der Waals surface area contributed by atoms with Crippen molar-refractivity contribution in [3.05, 3.63) is 0 Å². The molecule has 1 saturated heterocycles. The fraction of sp³-hybridized carbons (Fsp3) is 1.00. The van der Waals surface area contributed by atoms with Crippen molar-refractivity contribution in [3.8, 4) is 0 Å². The van der Waals surface area contributed by atoms with Crippen LogP contribution in [0.1, 0.15) is 38.5 Å². The largest absolute Gasteiger partial charge is 0.383 e. The molecule has 0 radical (unpaired) electrons. The molecule has 2 aliphatic rings. The number of rotatable bonds is 7. The lowest BCUT2D eigenvalue weighted by molar-refractivity contribution is 0.128. The first-order valence-electron chi connectivity index (χ1n) is 8.51. The van der Waals surface area contributed by atoms with Crippen LogP contribution >= 0.6 is 0 Å². The topological polar surface area (TPSA) is 41.6 Å². The summed E-state index contributed by atoms with van der Waals surface area (Å²) in [5, 5.41) is 3.61. The van der Waals surface area contributed by atoms with E-state index in [1.54, 1.807) is 7.11 Å². The first-order chi connectivity index (χ1) is 10.2. The van der Waals surface area contributed by atoms with Crippen molar-refractivity contribution in [2.45, 2.75) is 38.5 Å². The molecule has 21 heavy (non-hydrogen) atoms. The molecule has 0 unspecified atom stereocenters. The molecule has 0 aromatic rings. The molecule has 0 aromatic heterocycles. The molecule has 1 saturated carbocycles. The third kappa shape index (κ3) is 5.97. The minimum absolute atomic E-state index is 0.420. The number of methoxy groups -OCH3 is 1. The Balaban J connectivity index is 1.88. The molecule has 0 bridgehead atoms. The average molecular weight is 317 g/mol. The lowest BCUT2D eigenvalue weighted by Crippen LogP contribution is -2.48. The van der Waals surface area contributed by atoms with Gasteiger partial charge >= 0.3 is 0 Å². The van der Waals surface area contributed by atoms with E-state index in [1.807, 2.05) is 0 Å². The van der Waals surface area contributed by atoms with Crippen LogP contribution in [0.2, 0.25) is 0 Å². The van der Waals surface area contributed by atoms with Crippen molar-refractivity contribution in [1.82, 2.24) is 10.2 Å². The van der Waals surface area contributed by atoms with Crippen molar-refractivity contribution < 1.29 is 8.95 Å². The van der Waals surface area contributed by atoms with Crippen LogP contribution in [0.5, 0.6) is 0 Å². The number of nitrogens with zero attached hydrogens (tertiary/aromatic N) is 1. The molecular formula is C16H32N2O2S. The lowest BCUT2D eigenvalue weighted by Gasteiger charge is -2.39. The predicted octanol–water partition coefficient (Wildman–Crippen LogP) is 1.63.